The van der Waals surface area contributed by atoms with Crippen molar-refractivity contribution in [1.29, 1.82) is 0 Å². The molecule has 0 saturated carbocycles. The molecule has 2 aromatic rings. The summed E-state index contributed by atoms with van der Waals surface area (Å²) in [7, 11) is 0. The first-order valence-corrected chi connectivity index (χ1v) is 6.81. The van der Waals surface area contributed by atoms with Gasteiger partial charge in [0.15, 0.2) is 0 Å². The van der Waals surface area contributed by atoms with E-state index in [0.717, 1.165) is 0 Å². The van der Waals surface area contributed by atoms with E-state index >= 15 is 0 Å². The van der Waals surface area contributed by atoms with Gasteiger partial charge in [-0.05, 0) is 41.3 Å². The Labute approximate surface area is 113 Å². The molecular weight excluding hydrogens is 228 g/mol. The molecule has 0 radical (unpaired) electrons. The Hall–Kier alpha value is -2.08. The van der Waals surface area contributed by atoms with Crippen LogP contribution < -0.4 is 0 Å². The van der Waals surface area contributed by atoms with E-state index in [-0.39, 0.29) is 5.41 Å². The average Bonchev–Trinajstić information content (AvgIpc) is 2.55. The highest BCUT2D eigenvalue weighted by atomic mass is 14.4. The highest BCUT2D eigenvalue weighted by molar-refractivity contribution is 5.99. The van der Waals surface area contributed by atoms with Gasteiger partial charge < -0.3 is 0 Å². The molecule has 0 heterocycles. The van der Waals surface area contributed by atoms with Crippen LogP contribution in [0.3, 0.4) is 0 Å². The summed E-state index contributed by atoms with van der Waals surface area (Å²) in [6, 6.07) is 11.1. The Morgan fingerprint density at radius 1 is 0.947 bits per heavy atom. The molecule has 0 N–H and O–H groups in total. The lowest BCUT2D eigenvalue weighted by molar-refractivity contribution is 0.710. The standard InChI is InChI=1S/C19H16/c1-13-5-3-8-16-10-9-14-6-4-7-15-11-12-19(13,2)18(16)17(14)15/h3-12H,1-2H3. The Kier molecular flexibility index (Phi) is 1.98. The van der Waals surface area contributed by atoms with Gasteiger partial charge in [-0.15, -0.1) is 0 Å². The second-order valence-electron chi connectivity index (χ2n) is 5.72. The molecule has 92 valence electrons. The Balaban J connectivity index is 2.26. The highest BCUT2D eigenvalue weighted by Gasteiger charge is 2.33. The number of hydrogen-bond donors (Lipinski definition) is 0. The fourth-order valence-electron chi connectivity index (χ4n) is 3.40. The van der Waals surface area contributed by atoms with E-state index in [0.29, 0.717) is 0 Å². The third-order valence-electron chi connectivity index (χ3n) is 4.67. The van der Waals surface area contributed by atoms with Gasteiger partial charge in [-0.2, -0.15) is 0 Å². The van der Waals surface area contributed by atoms with Crippen LogP contribution in [0.1, 0.15) is 30.5 Å². The lowest BCUT2D eigenvalue weighted by Gasteiger charge is -2.33. The van der Waals surface area contributed by atoms with Gasteiger partial charge >= 0.3 is 0 Å². The van der Waals surface area contributed by atoms with E-state index < -0.39 is 0 Å². The summed E-state index contributed by atoms with van der Waals surface area (Å²) in [5, 5.41) is 2.76. The second kappa shape index (κ2) is 3.48. The third-order valence-corrected chi connectivity index (χ3v) is 4.67. The van der Waals surface area contributed by atoms with Gasteiger partial charge in [-0.25, -0.2) is 0 Å². The maximum absolute atomic E-state index is 2.35. The molecule has 0 saturated heterocycles. The lowest BCUT2D eigenvalue weighted by Crippen LogP contribution is -2.24. The maximum atomic E-state index is 2.35. The van der Waals surface area contributed by atoms with Gasteiger partial charge in [0.1, 0.15) is 0 Å². The zero-order valence-electron chi connectivity index (χ0n) is 11.3. The molecule has 1 unspecified atom stereocenters. The molecule has 0 bridgehead atoms. The molecule has 0 heteroatoms. The van der Waals surface area contributed by atoms with Crippen molar-refractivity contribution >= 4 is 22.9 Å². The van der Waals surface area contributed by atoms with Crippen molar-refractivity contribution in [3.05, 3.63) is 70.8 Å². The van der Waals surface area contributed by atoms with Crippen molar-refractivity contribution < 1.29 is 0 Å². The average molecular weight is 244 g/mol. The lowest BCUT2D eigenvalue weighted by atomic mass is 9.70. The zero-order chi connectivity index (χ0) is 13.0. The van der Waals surface area contributed by atoms with E-state index in [1.807, 2.05) is 0 Å². The van der Waals surface area contributed by atoms with E-state index in [1.54, 1.807) is 0 Å². The summed E-state index contributed by atoms with van der Waals surface area (Å²) >= 11 is 0. The smallest absolute Gasteiger partial charge is 0.0329 e. The molecule has 2 aromatic carbocycles. The largest absolute Gasteiger partial charge is 0.0695 e. The molecule has 0 aliphatic heterocycles. The Morgan fingerprint density at radius 2 is 1.84 bits per heavy atom. The highest BCUT2D eigenvalue weighted by Crippen LogP contribution is 2.46. The molecule has 0 spiro atoms. The Morgan fingerprint density at radius 3 is 2.74 bits per heavy atom. The van der Waals surface area contributed by atoms with Crippen LogP contribution >= 0.6 is 0 Å². The minimum atomic E-state index is 0.0205. The first kappa shape index (κ1) is 10.8. The Bertz CT molecular complexity index is 787. The van der Waals surface area contributed by atoms with Crippen molar-refractivity contribution in [1.82, 2.24) is 0 Å². The molecule has 2 aliphatic carbocycles. The summed E-state index contributed by atoms with van der Waals surface area (Å²) < 4.78 is 0. The maximum Gasteiger partial charge on any atom is 0.0329 e. The summed E-state index contributed by atoms with van der Waals surface area (Å²) in [6.07, 6.45) is 11.3. The van der Waals surface area contributed by atoms with Crippen molar-refractivity contribution in [2.45, 2.75) is 19.3 Å². The molecule has 0 aromatic heterocycles. The summed E-state index contributed by atoms with van der Waals surface area (Å²) in [5.74, 6) is 0. The third kappa shape index (κ3) is 1.29. The predicted molar refractivity (Wildman–Crippen MR) is 83.1 cm³/mol. The topological polar surface area (TPSA) is 0 Å². The summed E-state index contributed by atoms with van der Waals surface area (Å²) in [4.78, 5) is 0. The normalized spacial score (nSPS) is 23.4. The van der Waals surface area contributed by atoms with Gasteiger partial charge in [0.05, 0.1) is 0 Å². The molecule has 2 aliphatic rings. The molecule has 0 fully saturated rings. The molecule has 0 nitrogen and oxygen atoms in total. The fraction of sp³-hybridized carbons (Fsp3) is 0.158. The van der Waals surface area contributed by atoms with Crippen LogP contribution in [0.4, 0.5) is 0 Å². The van der Waals surface area contributed by atoms with E-state index in [2.05, 4.69) is 74.6 Å². The first-order valence-electron chi connectivity index (χ1n) is 6.81. The van der Waals surface area contributed by atoms with Crippen LogP contribution in [0, 0.1) is 0 Å². The van der Waals surface area contributed by atoms with Crippen LogP contribution in [0.5, 0.6) is 0 Å². The van der Waals surface area contributed by atoms with Gasteiger partial charge in [0.25, 0.3) is 0 Å². The van der Waals surface area contributed by atoms with Gasteiger partial charge in [-0.1, -0.05) is 66.3 Å². The summed E-state index contributed by atoms with van der Waals surface area (Å²) in [6.45, 7) is 4.56. The van der Waals surface area contributed by atoms with Crippen molar-refractivity contribution in [3.8, 4) is 0 Å². The minimum absolute atomic E-state index is 0.0205. The number of allylic oxidation sites excluding steroid dienone is 4. The van der Waals surface area contributed by atoms with Crippen molar-refractivity contribution in [3.63, 3.8) is 0 Å². The predicted octanol–water partition coefficient (Wildman–Crippen LogP) is 5.10. The molecule has 4 rings (SSSR count). The van der Waals surface area contributed by atoms with Gasteiger partial charge in [-0.3, -0.25) is 0 Å². The van der Waals surface area contributed by atoms with Gasteiger partial charge in [0, 0.05) is 5.41 Å². The second-order valence-corrected chi connectivity index (χ2v) is 5.72. The fourth-order valence-corrected chi connectivity index (χ4v) is 3.40. The van der Waals surface area contributed by atoms with Crippen LogP contribution in [-0.4, -0.2) is 0 Å². The monoisotopic (exact) mass is 244 g/mol. The van der Waals surface area contributed by atoms with Crippen LogP contribution in [0.25, 0.3) is 22.9 Å². The minimum Gasteiger partial charge on any atom is -0.0695 e. The SMILES string of the molecule is CC1=CC=Cc2ccc3cccc4c3c2C1(C)C=C4. The number of hydrogen-bond acceptors (Lipinski definition) is 0. The first-order chi connectivity index (χ1) is 9.20. The van der Waals surface area contributed by atoms with Crippen LogP contribution in [-0.2, 0) is 5.41 Å². The number of benzene rings is 2. The summed E-state index contributed by atoms with van der Waals surface area (Å²) in [5.41, 5.74) is 5.58. The van der Waals surface area contributed by atoms with E-state index in [4.69, 9.17) is 0 Å². The van der Waals surface area contributed by atoms with Gasteiger partial charge in [0.2, 0.25) is 0 Å². The van der Waals surface area contributed by atoms with Crippen molar-refractivity contribution in [2.24, 2.45) is 0 Å². The van der Waals surface area contributed by atoms with Crippen LogP contribution in [0.15, 0.2) is 54.1 Å². The van der Waals surface area contributed by atoms with E-state index in [1.165, 1.54) is 33.0 Å². The molecular formula is C19H16. The molecule has 19 heavy (non-hydrogen) atoms. The number of rotatable bonds is 0. The van der Waals surface area contributed by atoms with Crippen molar-refractivity contribution in [2.75, 3.05) is 0 Å². The van der Waals surface area contributed by atoms with Crippen LogP contribution in [0.2, 0.25) is 0 Å². The van der Waals surface area contributed by atoms with E-state index in [9.17, 15) is 0 Å². The molecule has 1 atom stereocenters. The quantitative estimate of drug-likeness (QED) is 0.605. The zero-order valence-corrected chi connectivity index (χ0v) is 11.3. The molecule has 0 amide bonds.